The number of nitrogens with zero attached hydrogens (tertiary/aromatic N) is 3. The van der Waals surface area contributed by atoms with E-state index in [2.05, 4.69) is 44.2 Å². The zero-order valence-corrected chi connectivity index (χ0v) is 15.4. The summed E-state index contributed by atoms with van der Waals surface area (Å²) in [6, 6.07) is 24.1. The van der Waals surface area contributed by atoms with Gasteiger partial charge in [0.1, 0.15) is 6.33 Å². The van der Waals surface area contributed by atoms with Crippen LogP contribution in [-0.4, -0.2) is 19.9 Å². The highest BCUT2D eigenvalue weighted by Gasteiger charge is 2.03. The molecule has 2 aromatic heterocycles. The minimum absolute atomic E-state index is 0. The average Bonchev–Trinajstić information content (AvgIpc) is 2.79. The molecule has 0 fully saturated rings. The molecule has 0 saturated carbocycles. The number of rotatable bonds is 0. The summed E-state index contributed by atoms with van der Waals surface area (Å²) in [6.45, 7) is 0. The van der Waals surface area contributed by atoms with Crippen molar-refractivity contribution >= 4 is 43.4 Å². The number of hydrogen-bond acceptors (Lipinski definition) is 4. The predicted molar refractivity (Wildman–Crippen MR) is 130 cm³/mol. The molecular weight excluding hydrogens is 384 g/mol. The van der Waals surface area contributed by atoms with Gasteiger partial charge in [0.2, 0.25) is 0 Å². The maximum absolute atomic E-state index is 11.5. The van der Waals surface area contributed by atoms with Crippen molar-refractivity contribution in [3.05, 3.63) is 102 Å². The maximum atomic E-state index is 11.5. The number of nitrogens with one attached hydrogen (secondary N) is 1. The monoisotopic (exact) mass is 408 g/mol. The number of aromatic amines is 1. The molecule has 31 heavy (non-hydrogen) atoms. The van der Waals surface area contributed by atoms with E-state index in [1.54, 1.807) is 6.33 Å². The summed E-state index contributed by atoms with van der Waals surface area (Å²) < 4.78 is 0. The fraction of sp³-hybridized carbons (Fsp3) is 0.0769. The molecule has 0 aliphatic carbocycles. The van der Waals surface area contributed by atoms with Gasteiger partial charge in [0.25, 0.3) is 5.56 Å². The Balaban J connectivity index is 0.000000165. The summed E-state index contributed by atoms with van der Waals surface area (Å²) in [7, 11) is 0. The summed E-state index contributed by atoms with van der Waals surface area (Å²) in [4.78, 5) is 26.6. The van der Waals surface area contributed by atoms with E-state index in [1.165, 1.54) is 17.1 Å². The average molecular weight is 409 g/mol. The fourth-order valence-electron chi connectivity index (χ4n) is 3.54. The molecule has 5 heteroatoms. The van der Waals surface area contributed by atoms with Crippen molar-refractivity contribution in [3.8, 4) is 0 Å². The van der Waals surface area contributed by atoms with E-state index in [9.17, 15) is 4.79 Å². The van der Waals surface area contributed by atoms with Crippen LogP contribution in [0.2, 0.25) is 0 Å². The third-order valence-electron chi connectivity index (χ3n) is 4.93. The lowest BCUT2D eigenvalue weighted by Gasteiger charge is -2.00. The van der Waals surface area contributed by atoms with Crippen LogP contribution in [-0.2, 0) is 0 Å². The number of benzene rings is 4. The normalized spacial score (nSPS) is 10.2. The van der Waals surface area contributed by atoms with Crippen molar-refractivity contribution < 1.29 is 0 Å². The van der Waals surface area contributed by atoms with Gasteiger partial charge in [0.15, 0.2) is 0 Å². The second-order valence-corrected chi connectivity index (χ2v) is 6.66. The Bertz CT molecular complexity index is 1480. The third kappa shape index (κ3) is 3.98. The summed E-state index contributed by atoms with van der Waals surface area (Å²) in [5.74, 6) is 0. The highest BCUT2D eigenvalue weighted by Crippen LogP contribution is 2.22. The molecule has 0 atom stereocenters. The zero-order valence-electron chi connectivity index (χ0n) is 15.4. The first-order valence-corrected chi connectivity index (χ1v) is 9.24. The Kier molecular flexibility index (Phi) is 6.36. The second kappa shape index (κ2) is 9.13. The molecule has 0 saturated heterocycles. The lowest BCUT2D eigenvalue weighted by Crippen LogP contribution is -2.05. The van der Waals surface area contributed by atoms with Crippen LogP contribution < -0.4 is 5.56 Å². The molecule has 0 bridgehead atoms. The van der Waals surface area contributed by atoms with Gasteiger partial charge in [0, 0.05) is 22.4 Å². The number of hydrogen-bond donors (Lipinski definition) is 1. The maximum Gasteiger partial charge on any atom is 0.258 e. The number of H-pyrrole nitrogens is 1. The van der Waals surface area contributed by atoms with Crippen molar-refractivity contribution in [2.24, 2.45) is 0 Å². The first kappa shape index (κ1) is 21.6. The van der Waals surface area contributed by atoms with Crippen molar-refractivity contribution in [1.82, 2.24) is 19.9 Å². The molecule has 154 valence electrons. The van der Waals surface area contributed by atoms with Gasteiger partial charge in [-0.15, -0.1) is 0 Å². The molecule has 0 amide bonds. The van der Waals surface area contributed by atoms with Crippen LogP contribution in [0.4, 0.5) is 0 Å². The van der Waals surface area contributed by atoms with Gasteiger partial charge in [0.05, 0.1) is 22.7 Å². The Morgan fingerprint density at radius 1 is 0.613 bits per heavy atom. The van der Waals surface area contributed by atoms with Crippen LogP contribution in [0.1, 0.15) is 14.9 Å². The topological polar surface area (TPSA) is 71.5 Å². The Morgan fingerprint density at radius 2 is 1.23 bits per heavy atom. The van der Waals surface area contributed by atoms with Gasteiger partial charge >= 0.3 is 0 Å². The largest absolute Gasteiger partial charge is 0.313 e. The minimum Gasteiger partial charge on any atom is -0.313 e. The number of fused-ring (bicyclic) bond motifs is 6. The van der Waals surface area contributed by atoms with Crippen molar-refractivity contribution in [2.75, 3.05) is 0 Å². The lowest BCUT2D eigenvalue weighted by molar-refractivity contribution is 1.18. The third-order valence-corrected chi connectivity index (χ3v) is 4.93. The Labute approximate surface area is 180 Å². The summed E-state index contributed by atoms with van der Waals surface area (Å²) in [6.07, 6.45) is 4.88. The van der Waals surface area contributed by atoms with Gasteiger partial charge in [-0.25, -0.2) is 15.0 Å². The van der Waals surface area contributed by atoms with Gasteiger partial charge in [-0.05, 0) is 16.8 Å². The second-order valence-electron chi connectivity index (χ2n) is 6.66. The number of aromatic nitrogens is 4. The SMILES string of the molecule is C.C.O=c1[nH]cnc2c1ccc1ccccc12.c1ccc2c(c1)ccc1cncnc12. The molecule has 1 N–H and O–H groups in total. The van der Waals surface area contributed by atoms with Crippen LogP contribution in [0, 0.1) is 0 Å². The summed E-state index contributed by atoms with van der Waals surface area (Å²) in [5.41, 5.74) is 1.70. The highest BCUT2D eigenvalue weighted by atomic mass is 16.1. The van der Waals surface area contributed by atoms with E-state index in [-0.39, 0.29) is 20.4 Å². The Morgan fingerprint density at radius 3 is 1.97 bits per heavy atom. The molecule has 0 unspecified atom stereocenters. The molecule has 2 heterocycles. The highest BCUT2D eigenvalue weighted by molar-refractivity contribution is 6.05. The molecule has 6 rings (SSSR count). The van der Waals surface area contributed by atoms with Gasteiger partial charge < -0.3 is 4.98 Å². The van der Waals surface area contributed by atoms with Crippen LogP contribution in [0.5, 0.6) is 0 Å². The summed E-state index contributed by atoms with van der Waals surface area (Å²) in [5, 5.41) is 6.25. The van der Waals surface area contributed by atoms with Crippen LogP contribution in [0.15, 0.2) is 96.4 Å². The van der Waals surface area contributed by atoms with Gasteiger partial charge in [-0.2, -0.15) is 0 Å². The van der Waals surface area contributed by atoms with E-state index in [4.69, 9.17) is 0 Å². The van der Waals surface area contributed by atoms with E-state index >= 15 is 0 Å². The first-order valence-electron chi connectivity index (χ1n) is 9.24. The molecule has 6 aromatic rings. The van der Waals surface area contributed by atoms with Crippen molar-refractivity contribution in [3.63, 3.8) is 0 Å². The van der Waals surface area contributed by atoms with E-state index in [0.717, 1.165) is 27.2 Å². The van der Waals surface area contributed by atoms with Crippen molar-refractivity contribution in [1.29, 1.82) is 0 Å². The van der Waals surface area contributed by atoms with Gasteiger partial charge in [-0.3, -0.25) is 4.79 Å². The Hall–Kier alpha value is -4.12. The standard InChI is InChI=1S/C12H8N2O.C12H8N2.2CH4/c15-12-10-6-5-8-3-1-2-4-9(8)11(10)13-7-14-12;1-2-4-11-9(3-1)5-6-10-7-13-8-14-12(10)11;;/h1-7H,(H,13,14,15);1-8H;2*1H4. The zero-order chi connectivity index (χ0) is 19.6. The van der Waals surface area contributed by atoms with Crippen molar-refractivity contribution in [2.45, 2.75) is 14.9 Å². The van der Waals surface area contributed by atoms with Gasteiger partial charge in [-0.1, -0.05) is 81.6 Å². The molecule has 0 radical (unpaired) electrons. The molecule has 0 aliphatic rings. The van der Waals surface area contributed by atoms with Crippen LogP contribution >= 0.6 is 0 Å². The smallest absolute Gasteiger partial charge is 0.258 e. The van der Waals surface area contributed by atoms with E-state index in [1.807, 2.05) is 54.7 Å². The van der Waals surface area contributed by atoms with E-state index in [0.29, 0.717) is 5.39 Å². The van der Waals surface area contributed by atoms with Crippen LogP contribution in [0.25, 0.3) is 43.4 Å². The molecular formula is C26H24N4O. The molecule has 0 spiro atoms. The first-order chi connectivity index (χ1) is 14.3. The quantitative estimate of drug-likeness (QED) is 0.307. The fourth-order valence-corrected chi connectivity index (χ4v) is 3.54. The van der Waals surface area contributed by atoms with Crippen LogP contribution in [0.3, 0.4) is 0 Å². The predicted octanol–water partition coefficient (Wildman–Crippen LogP) is 6.13. The molecule has 0 aliphatic heterocycles. The minimum atomic E-state index is -0.0919. The summed E-state index contributed by atoms with van der Waals surface area (Å²) >= 11 is 0. The van der Waals surface area contributed by atoms with E-state index < -0.39 is 0 Å². The lowest BCUT2D eigenvalue weighted by atomic mass is 10.1. The molecule has 4 aromatic carbocycles. The molecule has 5 nitrogen and oxygen atoms in total.